The first-order chi connectivity index (χ1) is 11.4. The number of fused-ring (bicyclic) bond motifs is 1. The molecule has 5 N–H and O–H groups in total. The number of thioether (sulfide) groups is 1. The molecular weight excluding hydrogens is 332 g/mol. The van der Waals surface area contributed by atoms with Crippen molar-refractivity contribution < 1.29 is 19.5 Å². The van der Waals surface area contributed by atoms with Crippen LogP contribution in [0.3, 0.4) is 0 Å². The van der Waals surface area contributed by atoms with E-state index >= 15 is 0 Å². The number of para-hydroxylation sites is 1. The van der Waals surface area contributed by atoms with Gasteiger partial charge in [0.05, 0.1) is 11.4 Å². The van der Waals surface area contributed by atoms with E-state index in [1.807, 2.05) is 13.0 Å². The van der Waals surface area contributed by atoms with Crippen LogP contribution in [0.25, 0.3) is 0 Å². The molecule has 0 spiro atoms. The topological polar surface area (TPSA) is 125 Å². The van der Waals surface area contributed by atoms with Crippen molar-refractivity contribution in [1.82, 2.24) is 10.2 Å². The number of β-lactam (4-membered cyclic amide) rings is 1. The van der Waals surface area contributed by atoms with Gasteiger partial charge in [-0.15, -0.1) is 11.8 Å². The van der Waals surface area contributed by atoms with Gasteiger partial charge in [-0.3, -0.25) is 9.69 Å². The van der Waals surface area contributed by atoms with Crippen LogP contribution in [0.2, 0.25) is 0 Å². The smallest absolute Gasteiger partial charge is 0.352 e. The molecular formula is C15H16N4O4S. The van der Waals surface area contributed by atoms with E-state index < -0.39 is 29.3 Å². The van der Waals surface area contributed by atoms with Gasteiger partial charge in [-0.25, -0.2) is 9.59 Å². The number of hydrogen-bond donors (Lipinski definition) is 4. The lowest BCUT2D eigenvalue weighted by atomic mass is 10.1. The second kappa shape index (κ2) is 6.08. The Hall–Kier alpha value is -2.68. The highest BCUT2D eigenvalue weighted by molar-refractivity contribution is 8.00. The Balaban J connectivity index is 1.66. The van der Waals surface area contributed by atoms with Gasteiger partial charge in [0, 0.05) is 5.75 Å². The number of carbonyl (C=O) groups excluding carboxylic acids is 2. The summed E-state index contributed by atoms with van der Waals surface area (Å²) < 4.78 is 0. The minimum absolute atomic E-state index is 0.0369. The first-order valence-electron chi connectivity index (χ1n) is 7.21. The lowest BCUT2D eigenvalue weighted by molar-refractivity contribution is -0.148. The molecule has 3 rings (SSSR count). The summed E-state index contributed by atoms with van der Waals surface area (Å²) in [5.74, 6) is -1.11. The molecule has 1 unspecified atom stereocenters. The van der Waals surface area contributed by atoms with Gasteiger partial charge in [-0.1, -0.05) is 12.1 Å². The summed E-state index contributed by atoms with van der Waals surface area (Å²) in [6.07, 6.45) is 1.49. The van der Waals surface area contributed by atoms with Gasteiger partial charge in [0.2, 0.25) is 0 Å². The van der Waals surface area contributed by atoms with Crippen LogP contribution in [0.4, 0.5) is 16.2 Å². The Bertz CT molecular complexity index is 764. The highest BCUT2D eigenvalue weighted by Gasteiger charge is 2.52. The third-order valence-corrected chi connectivity index (χ3v) is 5.11. The standard InChI is InChI=1S/C15H16N4O4S/c1-7-3-2-4-8(10(7)16)17-15(23)18-11-12(20)19-9(14(21)22)5-6-24-13(11)19/h2-5,11,13H,6,16H2,1H3,(H,21,22)(H2,17,18,23)/t11?,13-/m1/s1. The number of amides is 3. The third kappa shape index (κ3) is 2.67. The van der Waals surface area contributed by atoms with Crippen LogP contribution in [0.1, 0.15) is 5.56 Å². The molecule has 126 valence electrons. The molecule has 0 bridgehead atoms. The number of nitrogens with one attached hydrogen (secondary N) is 2. The number of carbonyl (C=O) groups is 3. The lowest BCUT2D eigenvalue weighted by Gasteiger charge is -2.48. The number of benzene rings is 1. The molecule has 2 atom stereocenters. The predicted octanol–water partition coefficient (Wildman–Crippen LogP) is 0.951. The molecule has 24 heavy (non-hydrogen) atoms. The summed E-state index contributed by atoms with van der Waals surface area (Å²) in [5, 5.41) is 13.9. The van der Waals surface area contributed by atoms with E-state index in [0.29, 0.717) is 17.1 Å². The van der Waals surface area contributed by atoms with E-state index in [1.54, 1.807) is 12.1 Å². The summed E-state index contributed by atoms with van der Waals surface area (Å²) in [7, 11) is 0. The van der Waals surface area contributed by atoms with Crippen LogP contribution in [-0.4, -0.2) is 45.1 Å². The maximum atomic E-state index is 12.2. The predicted molar refractivity (Wildman–Crippen MR) is 90.3 cm³/mol. The van der Waals surface area contributed by atoms with Gasteiger partial charge in [0.25, 0.3) is 5.91 Å². The van der Waals surface area contributed by atoms with Crippen molar-refractivity contribution in [3.05, 3.63) is 35.5 Å². The molecule has 0 aromatic heterocycles. The Kier molecular flexibility index (Phi) is 4.10. The van der Waals surface area contributed by atoms with E-state index in [2.05, 4.69) is 10.6 Å². The molecule has 0 radical (unpaired) electrons. The van der Waals surface area contributed by atoms with Crippen molar-refractivity contribution >= 4 is 41.0 Å². The van der Waals surface area contributed by atoms with E-state index in [1.165, 1.54) is 22.7 Å². The number of urea groups is 1. The van der Waals surface area contributed by atoms with Crippen molar-refractivity contribution in [1.29, 1.82) is 0 Å². The summed E-state index contributed by atoms with van der Waals surface area (Å²) in [6, 6.07) is 3.93. The number of nitrogens with zero attached hydrogens (tertiary/aromatic N) is 1. The Labute approximate surface area is 142 Å². The molecule has 1 aromatic rings. The summed E-state index contributed by atoms with van der Waals surface area (Å²) in [4.78, 5) is 36.6. The van der Waals surface area contributed by atoms with Crippen LogP contribution in [0.5, 0.6) is 0 Å². The van der Waals surface area contributed by atoms with E-state index in [9.17, 15) is 14.4 Å². The summed E-state index contributed by atoms with van der Waals surface area (Å²) in [5.41, 5.74) is 7.61. The number of aryl methyl sites for hydroxylation is 1. The number of carboxylic acid groups (broad SMARTS) is 1. The summed E-state index contributed by atoms with van der Waals surface area (Å²) >= 11 is 1.40. The van der Waals surface area contributed by atoms with Crippen LogP contribution in [-0.2, 0) is 9.59 Å². The molecule has 2 aliphatic rings. The SMILES string of the molecule is Cc1cccc(NC(=O)NC2C(=O)N3C(C(=O)O)=CCS[C@H]23)c1N. The molecule has 1 fully saturated rings. The van der Waals surface area contributed by atoms with E-state index in [4.69, 9.17) is 10.8 Å². The second-order valence-electron chi connectivity index (χ2n) is 5.44. The van der Waals surface area contributed by atoms with Gasteiger partial charge in [0.15, 0.2) is 0 Å². The zero-order valence-corrected chi connectivity index (χ0v) is 13.6. The Morgan fingerprint density at radius 3 is 2.88 bits per heavy atom. The Morgan fingerprint density at radius 1 is 1.42 bits per heavy atom. The van der Waals surface area contributed by atoms with Crippen LogP contribution in [0, 0.1) is 6.92 Å². The average molecular weight is 348 g/mol. The number of nitrogens with two attached hydrogens (primary N) is 1. The highest BCUT2D eigenvalue weighted by Crippen LogP contribution is 2.37. The number of hydrogen-bond acceptors (Lipinski definition) is 5. The number of anilines is 2. The second-order valence-corrected chi connectivity index (χ2v) is 6.59. The number of rotatable bonds is 3. The first-order valence-corrected chi connectivity index (χ1v) is 8.25. The first kappa shape index (κ1) is 16.2. The average Bonchev–Trinajstić information content (AvgIpc) is 2.55. The van der Waals surface area contributed by atoms with Gasteiger partial charge in [0.1, 0.15) is 17.1 Å². The molecule has 2 aliphatic heterocycles. The van der Waals surface area contributed by atoms with Crippen LogP contribution >= 0.6 is 11.8 Å². The molecule has 9 heteroatoms. The fourth-order valence-corrected chi connectivity index (χ4v) is 3.82. The van der Waals surface area contributed by atoms with Gasteiger partial charge < -0.3 is 21.5 Å². The fourth-order valence-electron chi connectivity index (χ4n) is 2.63. The van der Waals surface area contributed by atoms with Crippen molar-refractivity contribution in [2.24, 2.45) is 0 Å². The normalized spacial score (nSPS) is 22.1. The molecule has 2 heterocycles. The molecule has 1 aromatic carbocycles. The van der Waals surface area contributed by atoms with Crippen molar-refractivity contribution in [2.45, 2.75) is 18.3 Å². The quantitative estimate of drug-likeness (QED) is 0.476. The lowest BCUT2D eigenvalue weighted by Crippen LogP contribution is -2.70. The zero-order chi connectivity index (χ0) is 17.4. The van der Waals surface area contributed by atoms with Gasteiger partial charge in [-0.05, 0) is 24.6 Å². The number of aliphatic carboxylic acids is 1. The van der Waals surface area contributed by atoms with Crippen molar-refractivity contribution in [3.8, 4) is 0 Å². The number of carboxylic acids is 1. The summed E-state index contributed by atoms with van der Waals surface area (Å²) in [6.45, 7) is 1.82. The fraction of sp³-hybridized carbons (Fsp3) is 0.267. The largest absolute Gasteiger partial charge is 0.477 e. The maximum absolute atomic E-state index is 12.2. The number of nitrogen functional groups attached to an aromatic ring is 1. The zero-order valence-electron chi connectivity index (χ0n) is 12.8. The van der Waals surface area contributed by atoms with Crippen molar-refractivity contribution in [3.63, 3.8) is 0 Å². The molecule has 0 aliphatic carbocycles. The van der Waals surface area contributed by atoms with Crippen LogP contribution in [0.15, 0.2) is 30.0 Å². The minimum atomic E-state index is -1.15. The van der Waals surface area contributed by atoms with Crippen molar-refractivity contribution in [2.75, 3.05) is 16.8 Å². The molecule has 8 nitrogen and oxygen atoms in total. The highest BCUT2D eigenvalue weighted by atomic mass is 32.2. The molecule has 3 amide bonds. The van der Waals surface area contributed by atoms with E-state index in [-0.39, 0.29) is 5.70 Å². The van der Waals surface area contributed by atoms with E-state index in [0.717, 1.165) is 5.56 Å². The molecule has 0 saturated carbocycles. The van der Waals surface area contributed by atoms with Gasteiger partial charge >= 0.3 is 12.0 Å². The third-order valence-electron chi connectivity index (χ3n) is 3.92. The monoisotopic (exact) mass is 348 g/mol. The Morgan fingerprint density at radius 2 is 2.17 bits per heavy atom. The maximum Gasteiger partial charge on any atom is 0.352 e. The van der Waals surface area contributed by atoms with Crippen LogP contribution < -0.4 is 16.4 Å². The van der Waals surface area contributed by atoms with Gasteiger partial charge in [-0.2, -0.15) is 0 Å². The molecule has 1 saturated heterocycles. The minimum Gasteiger partial charge on any atom is -0.477 e.